The summed E-state index contributed by atoms with van der Waals surface area (Å²) < 4.78 is 0.0177. The van der Waals surface area contributed by atoms with Gasteiger partial charge in [-0.15, -0.1) is 11.8 Å². The molecule has 0 saturated carbocycles. The second-order valence-electron chi connectivity index (χ2n) is 7.17. The van der Waals surface area contributed by atoms with Crippen LogP contribution >= 0.6 is 46.5 Å². The van der Waals surface area contributed by atoms with Crippen LogP contribution < -0.4 is 51.4 Å². The summed E-state index contributed by atoms with van der Waals surface area (Å²) in [4.78, 5) is 51.1. The Bertz CT molecular complexity index is 1510. The fourth-order valence-electron chi connectivity index (χ4n) is 3.52. The van der Waals surface area contributed by atoms with Gasteiger partial charge in [0.05, 0.1) is 23.2 Å². The van der Waals surface area contributed by atoms with Crippen LogP contribution in [-0.4, -0.2) is 75.9 Å². The van der Waals surface area contributed by atoms with E-state index in [4.69, 9.17) is 23.1 Å². The third kappa shape index (κ3) is 4.85. The van der Waals surface area contributed by atoms with Gasteiger partial charge >= 0.3 is 29.6 Å². The Hall–Kier alpha value is -2.61. The minimum absolute atomic E-state index is 0. The van der Waals surface area contributed by atoms with Gasteiger partial charge in [-0.25, -0.2) is 15.0 Å². The van der Waals surface area contributed by atoms with Crippen LogP contribution in [0.1, 0.15) is 5.69 Å². The van der Waals surface area contributed by atoms with Gasteiger partial charge in [0.25, 0.3) is 11.8 Å². The minimum atomic E-state index is -1.58. The normalized spacial score (nSPS) is 19.3. The smallest absolute Gasteiger partial charge is 0.543 e. The van der Waals surface area contributed by atoms with Crippen molar-refractivity contribution in [3.8, 4) is 0 Å². The number of rotatable bonds is 6. The van der Waals surface area contributed by atoms with E-state index in [2.05, 4.69) is 35.6 Å². The molecule has 1 fully saturated rings. The van der Waals surface area contributed by atoms with Crippen LogP contribution in [0.15, 0.2) is 27.1 Å². The summed E-state index contributed by atoms with van der Waals surface area (Å²) >= 11 is 8.97. The number of anilines is 2. The van der Waals surface area contributed by atoms with Crippen LogP contribution in [0.3, 0.4) is 0 Å². The number of β-lactam (4-membered cyclic amide) rings is 1. The first-order valence-corrected chi connectivity index (χ1v) is 12.7. The first-order valence-electron chi connectivity index (χ1n) is 9.68. The molecule has 186 valence electrons. The number of hydrogen-bond acceptors (Lipinski definition) is 15. The second-order valence-corrected chi connectivity index (χ2v) is 11.0. The van der Waals surface area contributed by atoms with Crippen molar-refractivity contribution in [2.45, 2.75) is 16.6 Å². The molecular weight excluding hydrogens is 579 g/mol. The fraction of sp³-hybridized carbons (Fsp3) is 0.176. The molecule has 2 amide bonds. The van der Waals surface area contributed by atoms with Gasteiger partial charge in [-0.2, -0.15) is 5.10 Å². The van der Waals surface area contributed by atoms with Crippen LogP contribution in [0.4, 0.5) is 10.9 Å². The molecule has 2 aliphatic rings. The number of halogens is 1. The Labute approximate surface area is 245 Å². The number of nitrogens with two attached hydrogens (primary N) is 2. The molecule has 5 rings (SSSR count). The summed E-state index contributed by atoms with van der Waals surface area (Å²) in [6.07, 6.45) is 1.46. The van der Waals surface area contributed by atoms with E-state index in [0.717, 1.165) is 28.0 Å². The van der Waals surface area contributed by atoms with Crippen molar-refractivity contribution in [3.63, 3.8) is 0 Å². The average Bonchev–Trinajstić information content (AvgIpc) is 3.43. The number of carbonyl (C=O) groups is 3. The summed E-state index contributed by atoms with van der Waals surface area (Å²) in [7, 11) is 0. The van der Waals surface area contributed by atoms with Gasteiger partial charge in [0.2, 0.25) is 0 Å². The maximum absolute atomic E-state index is 12.9. The van der Waals surface area contributed by atoms with E-state index in [9.17, 15) is 24.7 Å². The quantitative estimate of drug-likeness (QED) is 0.0459. The topological polar surface area (TPSA) is 242 Å². The number of amides is 2. The SMILES string of the molecule is Nc1nc(/C(=N/O)C(=O)NC2C(=O)N3C(C(=O)[O-])=C(Sc4nc(N)c5cn[nH]c5n4)CS[C@H]23)c(Cl)s1.[Na+]. The predicted molar refractivity (Wildman–Crippen MR) is 129 cm³/mol. The molecule has 7 N–H and O–H groups in total. The number of H-pyrrole nitrogens is 1. The van der Waals surface area contributed by atoms with Gasteiger partial charge < -0.3 is 31.9 Å². The summed E-state index contributed by atoms with van der Waals surface area (Å²) in [6.45, 7) is 0. The molecule has 0 spiro atoms. The number of carboxylic acid groups (broad SMARTS) is 1. The summed E-state index contributed by atoms with van der Waals surface area (Å²) in [6, 6.07) is -1.11. The predicted octanol–water partition coefficient (Wildman–Crippen LogP) is -4.04. The molecule has 0 bridgehead atoms. The molecule has 3 aromatic rings. The van der Waals surface area contributed by atoms with Gasteiger partial charge in [-0.1, -0.05) is 39.9 Å². The van der Waals surface area contributed by atoms with E-state index < -0.39 is 34.9 Å². The van der Waals surface area contributed by atoms with Crippen LogP contribution in [0.5, 0.6) is 0 Å². The first-order chi connectivity index (χ1) is 17.2. The largest absolute Gasteiger partial charge is 1.00 e. The molecule has 0 aromatic carbocycles. The van der Waals surface area contributed by atoms with Crippen LogP contribution in [0, 0.1) is 0 Å². The number of aliphatic carboxylic acids is 1. The number of carboxylic acids is 1. The monoisotopic (exact) mass is 590 g/mol. The molecule has 2 atom stereocenters. The van der Waals surface area contributed by atoms with Crippen LogP contribution in [0.2, 0.25) is 4.34 Å². The standard InChI is InChI=1S/C17H13ClN10O5S3.Na/c18-9-5(23-16(20)36-9)6(27-33)12(29)22-7-13(30)28-8(15(31)32)4(2-34-14(7)28)35-17-24-10(19)3-1-21-26-11(3)25-17;/h1,7,14,33H,2H2,(H2,20,23)(H,22,29)(H,31,32)(H3,19,21,24,25,26);/q;+1/p-1/b27-6-;/t7?,14-;/m1./s1. The molecule has 3 aromatic heterocycles. The number of hydrogen-bond donors (Lipinski definition) is 5. The number of thioether (sulfide) groups is 2. The van der Waals surface area contributed by atoms with Crippen molar-refractivity contribution in [1.29, 1.82) is 0 Å². The molecule has 20 heteroatoms. The van der Waals surface area contributed by atoms with Crippen molar-refractivity contribution in [2.75, 3.05) is 17.2 Å². The molecule has 5 heterocycles. The van der Waals surface area contributed by atoms with E-state index in [1.807, 2.05) is 0 Å². The van der Waals surface area contributed by atoms with Gasteiger partial charge in [0, 0.05) is 10.7 Å². The van der Waals surface area contributed by atoms with Gasteiger partial charge in [0.1, 0.15) is 27.3 Å². The molecule has 2 aliphatic heterocycles. The molecule has 1 unspecified atom stereocenters. The molecule has 37 heavy (non-hydrogen) atoms. The molecule has 15 nitrogen and oxygen atoms in total. The van der Waals surface area contributed by atoms with E-state index >= 15 is 0 Å². The maximum Gasteiger partial charge on any atom is 1.00 e. The van der Waals surface area contributed by atoms with E-state index in [0.29, 0.717) is 11.0 Å². The van der Waals surface area contributed by atoms with Gasteiger partial charge in [-0.3, -0.25) is 19.6 Å². The zero-order valence-corrected chi connectivity index (χ0v) is 23.7. The van der Waals surface area contributed by atoms with Crippen molar-refractivity contribution in [1.82, 2.24) is 35.4 Å². The third-order valence-corrected chi connectivity index (χ3v) is 8.58. The van der Waals surface area contributed by atoms with Crippen molar-refractivity contribution < 1.29 is 54.3 Å². The maximum atomic E-state index is 12.9. The average molecular weight is 591 g/mol. The zero-order chi connectivity index (χ0) is 25.7. The Kier molecular flexibility index (Phi) is 7.88. The Morgan fingerprint density at radius 1 is 1.35 bits per heavy atom. The number of nitrogens with one attached hydrogen (secondary N) is 2. The zero-order valence-electron chi connectivity index (χ0n) is 18.5. The van der Waals surface area contributed by atoms with Gasteiger partial charge in [-0.05, 0) is 0 Å². The Balaban J connectivity index is 0.00000320. The summed E-state index contributed by atoms with van der Waals surface area (Å²) in [5.41, 5.74) is 10.8. The van der Waals surface area contributed by atoms with Crippen LogP contribution in [0.25, 0.3) is 11.0 Å². The van der Waals surface area contributed by atoms with E-state index in [1.54, 1.807) is 0 Å². The number of nitrogens with zero attached hydrogens (tertiary/aromatic N) is 6. The fourth-order valence-corrected chi connectivity index (χ4v) is 6.87. The summed E-state index contributed by atoms with van der Waals surface area (Å²) in [5, 5.41) is 33.1. The first kappa shape index (κ1) is 27.4. The number of nitrogen functional groups attached to an aromatic ring is 2. The Morgan fingerprint density at radius 2 is 2.11 bits per heavy atom. The Morgan fingerprint density at radius 3 is 2.76 bits per heavy atom. The molecule has 0 aliphatic carbocycles. The second kappa shape index (κ2) is 10.6. The summed E-state index contributed by atoms with van der Waals surface area (Å²) in [5.74, 6) is -2.94. The van der Waals surface area contributed by atoms with Gasteiger partial charge in [0.15, 0.2) is 21.6 Å². The minimum Gasteiger partial charge on any atom is -0.543 e. The number of aromatic amines is 1. The molecule has 1 saturated heterocycles. The van der Waals surface area contributed by atoms with Crippen molar-refractivity contribution in [3.05, 3.63) is 26.8 Å². The van der Waals surface area contributed by atoms with E-state index in [-0.39, 0.29) is 72.0 Å². The van der Waals surface area contributed by atoms with Crippen LogP contribution in [-0.2, 0) is 14.4 Å². The molecule has 0 radical (unpaired) electrons. The molecular formula is C17H12ClN10NaO5S3. The number of thiazole rings is 1. The van der Waals surface area contributed by atoms with Crippen molar-refractivity contribution in [2.24, 2.45) is 5.16 Å². The number of carbonyl (C=O) groups excluding carboxylic acids is 3. The number of aromatic nitrogens is 5. The van der Waals surface area contributed by atoms with Crippen molar-refractivity contribution >= 4 is 91.9 Å². The third-order valence-electron chi connectivity index (χ3n) is 5.09. The number of oxime groups is 1. The number of fused-ring (bicyclic) bond motifs is 2. The van der Waals surface area contributed by atoms with E-state index in [1.165, 1.54) is 18.0 Å².